The zero-order valence-corrected chi connectivity index (χ0v) is 9.75. The first kappa shape index (κ1) is 14.3. The molecule has 90 valence electrons. The predicted octanol–water partition coefficient (Wildman–Crippen LogP) is -1.41. The maximum Gasteiger partial charge on any atom is 0.217 e. The van der Waals surface area contributed by atoms with Gasteiger partial charge in [0.15, 0.2) is 15.2 Å². The summed E-state index contributed by atoms with van der Waals surface area (Å²) in [7, 11) is -3.59. The normalized spacial score (nSPS) is 15.7. The van der Waals surface area contributed by atoms with E-state index in [1.54, 1.807) is 6.92 Å². The average Bonchev–Trinajstić information content (AvgIpc) is 2.12. The van der Waals surface area contributed by atoms with E-state index >= 15 is 0 Å². The van der Waals surface area contributed by atoms with Crippen LogP contribution in [-0.4, -0.2) is 43.2 Å². The zero-order valence-electron chi connectivity index (χ0n) is 8.93. The number of hydrogen-bond acceptors (Lipinski definition) is 5. The molecule has 0 aliphatic heterocycles. The van der Waals surface area contributed by atoms with Gasteiger partial charge in [0.1, 0.15) is 0 Å². The Hall–Kier alpha value is -0.660. The van der Waals surface area contributed by atoms with Crippen molar-refractivity contribution in [2.45, 2.75) is 31.7 Å². The van der Waals surface area contributed by atoms with Crippen LogP contribution >= 0.6 is 0 Å². The van der Waals surface area contributed by atoms with Gasteiger partial charge in [-0.1, -0.05) is 6.92 Å². The third-order valence-electron chi connectivity index (χ3n) is 1.90. The van der Waals surface area contributed by atoms with Crippen molar-refractivity contribution in [1.29, 1.82) is 0 Å². The van der Waals surface area contributed by atoms with Gasteiger partial charge in [-0.15, -0.1) is 0 Å². The molecule has 7 heteroatoms. The lowest BCUT2D eigenvalue weighted by Gasteiger charge is -2.22. The van der Waals surface area contributed by atoms with Crippen LogP contribution in [0.25, 0.3) is 0 Å². The molecule has 0 aromatic heterocycles. The van der Waals surface area contributed by atoms with Gasteiger partial charge in [-0.3, -0.25) is 4.79 Å². The van der Waals surface area contributed by atoms with Crippen LogP contribution in [0.15, 0.2) is 0 Å². The summed E-state index contributed by atoms with van der Waals surface area (Å²) >= 11 is 0. The summed E-state index contributed by atoms with van der Waals surface area (Å²) in [5, 5.41) is 10.5. The number of nitrogens with one attached hydrogen (secondary N) is 1. The highest BCUT2D eigenvalue weighted by Crippen LogP contribution is 2.07. The van der Waals surface area contributed by atoms with E-state index in [1.165, 1.54) is 6.92 Å². The smallest absolute Gasteiger partial charge is 0.217 e. The van der Waals surface area contributed by atoms with Gasteiger partial charge in [0.25, 0.3) is 0 Å². The summed E-state index contributed by atoms with van der Waals surface area (Å²) in [6, 6.07) is 0. The second kappa shape index (κ2) is 6.04. The number of carbonyl (C=O) groups excluding carboxylic acids is 1. The molecule has 0 fully saturated rings. The van der Waals surface area contributed by atoms with Crippen LogP contribution in [0, 0.1) is 0 Å². The molecular formula is C8H18N2O4S. The first-order valence-electron chi connectivity index (χ1n) is 4.72. The van der Waals surface area contributed by atoms with Crippen LogP contribution in [-0.2, 0) is 14.6 Å². The fourth-order valence-corrected chi connectivity index (χ4v) is 2.73. The van der Waals surface area contributed by atoms with E-state index in [-0.39, 0.29) is 18.7 Å². The minimum Gasteiger partial charge on any atom is -0.390 e. The Morgan fingerprint density at radius 1 is 1.53 bits per heavy atom. The standard InChI is InChI=1S/C8H18N2O4S/c1-3-7(12)8(10-6(2)11)15(13,14)5-4-9/h7-8,12H,3-5,9H2,1-2H3,(H,10,11). The largest absolute Gasteiger partial charge is 0.390 e. The summed E-state index contributed by atoms with van der Waals surface area (Å²) < 4.78 is 23.2. The minimum atomic E-state index is -3.59. The fourth-order valence-electron chi connectivity index (χ4n) is 1.13. The molecule has 0 rings (SSSR count). The molecule has 15 heavy (non-hydrogen) atoms. The number of aliphatic hydroxyl groups excluding tert-OH is 1. The second-order valence-electron chi connectivity index (χ2n) is 3.25. The summed E-state index contributed by atoms with van der Waals surface area (Å²) in [5.41, 5.74) is 5.15. The highest BCUT2D eigenvalue weighted by Gasteiger charge is 2.31. The lowest BCUT2D eigenvalue weighted by molar-refractivity contribution is -0.119. The van der Waals surface area contributed by atoms with E-state index in [0.29, 0.717) is 0 Å². The Bertz CT molecular complexity index is 302. The number of hydrogen-bond donors (Lipinski definition) is 3. The van der Waals surface area contributed by atoms with E-state index in [2.05, 4.69) is 5.32 Å². The zero-order chi connectivity index (χ0) is 12.1. The molecule has 0 radical (unpaired) electrons. The minimum absolute atomic E-state index is 0.0329. The third kappa shape index (κ3) is 4.59. The van der Waals surface area contributed by atoms with Gasteiger partial charge in [0.05, 0.1) is 11.9 Å². The molecule has 0 aliphatic rings. The molecule has 2 atom stereocenters. The molecule has 2 unspecified atom stereocenters. The number of rotatable bonds is 6. The van der Waals surface area contributed by atoms with E-state index in [0.717, 1.165) is 0 Å². The van der Waals surface area contributed by atoms with Gasteiger partial charge in [-0.2, -0.15) is 0 Å². The van der Waals surface area contributed by atoms with Crippen molar-refractivity contribution in [3.05, 3.63) is 0 Å². The fraction of sp³-hybridized carbons (Fsp3) is 0.875. The Morgan fingerprint density at radius 3 is 2.40 bits per heavy atom. The molecule has 0 aromatic rings. The lowest BCUT2D eigenvalue weighted by atomic mass is 10.3. The molecule has 0 heterocycles. The monoisotopic (exact) mass is 238 g/mol. The number of amides is 1. The Balaban J connectivity index is 4.84. The molecule has 4 N–H and O–H groups in total. The van der Waals surface area contributed by atoms with Crippen LogP contribution in [0.4, 0.5) is 0 Å². The molecule has 6 nitrogen and oxygen atoms in total. The topological polar surface area (TPSA) is 109 Å². The van der Waals surface area contributed by atoms with Crippen molar-refractivity contribution in [2.24, 2.45) is 5.73 Å². The highest BCUT2D eigenvalue weighted by atomic mass is 32.2. The summed E-state index contributed by atoms with van der Waals surface area (Å²) in [6.07, 6.45) is -0.861. The van der Waals surface area contributed by atoms with Crippen LogP contribution in [0.3, 0.4) is 0 Å². The molecular weight excluding hydrogens is 220 g/mol. The second-order valence-corrected chi connectivity index (χ2v) is 5.49. The van der Waals surface area contributed by atoms with Gasteiger partial charge < -0.3 is 16.2 Å². The van der Waals surface area contributed by atoms with E-state index in [4.69, 9.17) is 5.73 Å². The SMILES string of the molecule is CCC(O)C(NC(C)=O)S(=O)(=O)CCN. The van der Waals surface area contributed by atoms with Crippen LogP contribution in [0.5, 0.6) is 0 Å². The van der Waals surface area contributed by atoms with Gasteiger partial charge in [0, 0.05) is 13.5 Å². The summed E-state index contributed by atoms with van der Waals surface area (Å²) in [6.45, 7) is 2.81. The predicted molar refractivity (Wildman–Crippen MR) is 56.7 cm³/mol. The summed E-state index contributed by atoms with van der Waals surface area (Å²) in [5.74, 6) is -0.747. The molecule has 0 bridgehead atoms. The van der Waals surface area contributed by atoms with Gasteiger partial charge in [0.2, 0.25) is 5.91 Å². The van der Waals surface area contributed by atoms with Crippen molar-refractivity contribution in [1.82, 2.24) is 5.32 Å². The Labute approximate surface area is 89.8 Å². The third-order valence-corrected chi connectivity index (χ3v) is 3.91. The lowest BCUT2D eigenvalue weighted by Crippen LogP contribution is -2.49. The molecule has 0 saturated carbocycles. The number of aliphatic hydroxyl groups is 1. The van der Waals surface area contributed by atoms with E-state index in [1.807, 2.05) is 0 Å². The van der Waals surface area contributed by atoms with Crippen molar-refractivity contribution in [2.75, 3.05) is 12.3 Å². The first-order chi connectivity index (χ1) is 6.85. The van der Waals surface area contributed by atoms with Crippen molar-refractivity contribution in [3.63, 3.8) is 0 Å². The maximum atomic E-state index is 11.6. The van der Waals surface area contributed by atoms with Gasteiger partial charge in [-0.25, -0.2) is 8.42 Å². The average molecular weight is 238 g/mol. The molecule has 0 aromatic carbocycles. The van der Waals surface area contributed by atoms with E-state index in [9.17, 15) is 18.3 Å². The number of sulfone groups is 1. The van der Waals surface area contributed by atoms with Gasteiger partial charge >= 0.3 is 0 Å². The Morgan fingerprint density at radius 2 is 2.07 bits per heavy atom. The summed E-state index contributed by atoms with van der Waals surface area (Å²) in [4.78, 5) is 10.8. The van der Waals surface area contributed by atoms with Crippen LogP contribution < -0.4 is 11.1 Å². The van der Waals surface area contributed by atoms with Crippen molar-refractivity contribution >= 4 is 15.7 Å². The molecule has 1 amide bonds. The van der Waals surface area contributed by atoms with E-state index < -0.39 is 27.2 Å². The van der Waals surface area contributed by atoms with Crippen molar-refractivity contribution < 1.29 is 18.3 Å². The van der Waals surface area contributed by atoms with Crippen LogP contribution in [0.2, 0.25) is 0 Å². The molecule has 0 saturated heterocycles. The molecule has 0 spiro atoms. The first-order valence-corrected chi connectivity index (χ1v) is 6.43. The number of carbonyl (C=O) groups is 1. The quantitative estimate of drug-likeness (QED) is 0.527. The Kier molecular flexibility index (Phi) is 5.77. The van der Waals surface area contributed by atoms with Crippen LogP contribution in [0.1, 0.15) is 20.3 Å². The maximum absolute atomic E-state index is 11.6. The number of nitrogens with two attached hydrogens (primary N) is 1. The van der Waals surface area contributed by atoms with Gasteiger partial charge in [-0.05, 0) is 6.42 Å². The highest BCUT2D eigenvalue weighted by molar-refractivity contribution is 7.92. The van der Waals surface area contributed by atoms with Crippen molar-refractivity contribution in [3.8, 4) is 0 Å². The molecule has 0 aliphatic carbocycles.